The number of unbranched alkanes of at least 4 members (excludes halogenated alkanes) is 2. The highest BCUT2D eigenvalue weighted by molar-refractivity contribution is 6.35. The summed E-state index contributed by atoms with van der Waals surface area (Å²) in [5.41, 5.74) is 3.25. The lowest BCUT2D eigenvalue weighted by Crippen LogP contribution is -2.33. The number of nitrogens with zero attached hydrogens (tertiary/aromatic N) is 1. The topological polar surface area (TPSA) is 59.9 Å². The largest absolute Gasteiger partial charge is 0.493 e. The van der Waals surface area contributed by atoms with E-state index in [0.29, 0.717) is 22.4 Å². The van der Waals surface area contributed by atoms with E-state index in [9.17, 15) is 4.79 Å². The second-order valence-corrected chi connectivity index (χ2v) is 7.01. The Morgan fingerprint density at radius 2 is 1.96 bits per heavy atom. The molecule has 0 fully saturated rings. The molecule has 1 N–H and O–H groups in total. The van der Waals surface area contributed by atoms with Gasteiger partial charge in [0.05, 0.1) is 17.8 Å². The van der Waals surface area contributed by atoms with Crippen LogP contribution in [0, 0.1) is 0 Å². The van der Waals surface area contributed by atoms with Gasteiger partial charge in [0.2, 0.25) is 0 Å². The molecule has 0 unspecified atom stereocenters. The van der Waals surface area contributed by atoms with Crippen LogP contribution < -0.4 is 14.9 Å². The van der Waals surface area contributed by atoms with Crippen molar-refractivity contribution < 1.29 is 14.3 Å². The lowest BCUT2D eigenvalue weighted by Gasteiger charge is -2.14. The summed E-state index contributed by atoms with van der Waals surface area (Å²) in [6, 6.07) is 12.3. The van der Waals surface area contributed by atoms with Gasteiger partial charge in [-0.3, -0.25) is 4.79 Å². The van der Waals surface area contributed by atoms with Crippen molar-refractivity contribution in [3.05, 3.63) is 58.1 Å². The smallest absolute Gasteiger partial charge is 0.280 e. The number of benzene rings is 2. The van der Waals surface area contributed by atoms with Crippen molar-refractivity contribution in [1.82, 2.24) is 5.43 Å². The van der Waals surface area contributed by atoms with E-state index in [2.05, 4.69) is 17.5 Å². The summed E-state index contributed by atoms with van der Waals surface area (Å²) in [5, 5.41) is 4.84. The van der Waals surface area contributed by atoms with E-state index in [0.717, 1.165) is 30.6 Å². The molecule has 150 valence electrons. The fraction of sp³-hybridized carbons (Fsp3) is 0.333. The Labute approximate surface area is 175 Å². The molecule has 1 atom stereocenters. The summed E-state index contributed by atoms with van der Waals surface area (Å²) in [4.78, 5) is 12.2. The molecular weight excluding hydrogens is 399 g/mol. The summed E-state index contributed by atoms with van der Waals surface area (Å²) in [5.74, 6) is 0.709. The Bertz CT molecular complexity index is 812. The number of carbonyl (C=O) groups is 1. The minimum absolute atomic E-state index is 0.338. The molecule has 0 radical (unpaired) electrons. The van der Waals surface area contributed by atoms with Crippen LogP contribution in [0.1, 0.15) is 38.7 Å². The first-order valence-electron chi connectivity index (χ1n) is 9.17. The number of hydrogen-bond donors (Lipinski definition) is 1. The van der Waals surface area contributed by atoms with E-state index < -0.39 is 12.0 Å². The minimum atomic E-state index is -0.781. The third-order valence-corrected chi connectivity index (χ3v) is 4.40. The highest BCUT2D eigenvalue weighted by atomic mass is 35.5. The average Bonchev–Trinajstić information content (AvgIpc) is 2.68. The van der Waals surface area contributed by atoms with Gasteiger partial charge >= 0.3 is 0 Å². The van der Waals surface area contributed by atoms with E-state index in [4.69, 9.17) is 32.7 Å². The fourth-order valence-corrected chi connectivity index (χ4v) is 2.78. The van der Waals surface area contributed by atoms with Crippen molar-refractivity contribution in [2.24, 2.45) is 5.10 Å². The lowest BCUT2D eigenvalue weighted by atomic mass is 10.2. The summed E-state index contributed by atoms with van der Waals surface area (Å²) >= 11 is 11.9. The number of rotatable bonds is 10. The van der Waals surface area contributed by atoms with Gasteiger partial charge in [-0.15, -0.1) is 0 Å². The monoisotopic (exact) mass is 422 g/mol. The SMILES string of the molecule is CCCCCOc1ccccc1C=NNC(=O)[C@H](C)Oc1ccc(Cl)cc1Cl. The zero-order valence-corrected chi connectivity index (χ0v) is 17.5. The number of hydrogen-bond acceptors (Lipinski definition) is 4. The van der Waals surface area contributed by atoms with Gasteiger partial charge < -0.3 is 9.47 Å². The standard InChI is InChI=1S/C21H24Cl2N2O3/c1-3-4-7-12-27-19-9-6-5-8-16(19)14-24-25-21(26)15(2)28-20-11-10-17(22)13-18(20)23/h5-6,8-11,13-15H,3-4,7,12H2,1-2H3,(H,25,26)/t15-/m0/s1. The molecule has 0 bridgehead atoms. The van der Waals surface area contributed by atoms with Gasteiger partial charge in [-0.05, 0) is 43.7 Å². The maximum atomic E-state index is 12.2. The molecule has 1 amide bonds. The predicted molar refractivity (Wildman–Crippen MR) is 114 cm³/mol. The molecule has 0 aliphatic heterocycles. The third kappa shape index (κ3) is 7.06. The van der Waals surface area contributed by atoms with Gasteiger partial charge in [-0.2, -0.15) is 5.10 Å². The lowest BCUT2D eigenvalue weighted by molar-refractivity contribution is -0.127. The number of nitrogens with one attached hydrogen (secondary N) is 1. The van der Waals surface area contributed by atoms with Crippen LogP contribution >= 0.6 is 23.2 Å². The van der Waals surface area contributed by atoms with Gasteiger partial charge in [-0.25, -0.2) is 5.43 Å². The highest BCUT2D eigenvalue weighted by Crippen LogP contribution is 2.28. The number of amides is 1. The maximum Gasteiger partial charge on any atom is 0.280 e. The van der Waals surface area contributed by atoms with Crippen molar-refractivity contribution in [1.29, 1.82) is 0 Å². The molecule has 0 spiro atoms. The summed E-state index contributed by atoms with van der Waals surface area (Å²) in [6.45, 7) is 4.41. The quantitative estimate of drug-likeness (QED) is 0.313. The Morgan fingerprint density at radius 3 is 2.71 bits per heavy atom. The van der Waals surface area contributed by atoms with Crippen LogP contribution in [0.25, 0.3) is 0 Å². The first kappa shape index (κ1) is 22.1. The Morgan fingerprint density at radius 1 is 1.18 bits per heavy atom. The molecule has 2 aromatic rings. The second-order valence-electron chi connectivity index (χ2n) is 6.16. The number of para-hydroxylation sites is 1. The molecule has 28 heavy (non-hydrogen) atoms. The molecule has 2 aromatic carbocycles. The number of halogens is 2. The van der Waals surface area contributed by atoms with E-state index in [1.54, 1.807) is 31.3 Å². The van der Waals surface area contributed by atoms with E-state index in [1.165, 1.54) is 0 Å². The summed E-state index contributed by atoms with van der Waals surface area (Å²) < 4.78 is 11.4. The second kappa shape index (κ2) is 11.6. The first-order valence-corrected chi connectivity index (χ1v) is 9.93. The van der Waals surface area contributed by atoms with Crippen molar-refractivity contribution in [2.45, 2.75) is 39.2 Å². The van der Waals surface area contributed by atoms with Crippen molar-refractivity contribution in [2.75, 3.05) is 6.61 Å². The van der Waals surface area contributed by atoms with Crippen LogP contribution in [-0.2, 0) is 4.79 Å². The Balaban J connectivity index is 1.90. The maximum absolute atomic E-state index is 12.2. The zero-order valence-electron chi connectivity index (χ0n) is 16.0. The van der Waals surface area contributed by atoms with E-state index in [1.807, 2.05) is 24.3 Å². The Kier molecular flexibility index (Phi) is 9.11. The van der Waals surface area contributed by atoms with Gasteiger partial charge in [0.15, 0.2) is 6.10 Å². The highest BCUT2D eigenvalue weighted by Gasteiger charge is 2.15. The molecular formula is C21H24Cl2N2O3. The molecule has 0 saturated heterocycles. The van der Waals surface area contributed by atoms with Gasteiger partial charge in [-0.1, -0.05) is 55.1 Å². The van der Waals surface area contributed by atoms with E-state index in [-0.39, 0.29) is 0 Å². The molecule has 5 nitrogen and oxygen atoms in total. The molecule has 2 rings (SSSR count). The van der Waals surface area contributed by atoms with Crippen molar-refractivity contribution in [3.63, 3.8) is 0 Å². The van der Waals surface area contributed by atoms with Crippen LogP contribution in [0.15, 0.2) is 47.6 Å². The van der Waals surface area contributed by atoms with Crippen molar-refractivity contribution >= 4 is 35.3 Å². The zero-order chi connectivity index (χ0) is 20.4. The predicted octanol–water partition coefficient (Wildman–Crippen LogP) is 5.48. The molecule has 7 heteroatoms. The van der Waals surface area contributed by atoms with Crippen LogP contribution in [0.3, 0.4) is 0 Å². The van der Waals surface area contributed by atoms with Crippen LogP contribution in [0.4, 0.5) is 0 Å². The minimum Gasteiger partial charge on any atom is -0.493 e. The van der Waals surface area contributed by atoms with E-state index >= 15 is 0 Å². The first-order chi connectivity index (χ1) is 13.5. The van der Waals surface area contributed by atoms with Gasteiger partial charge in [0.25, 0.3) is 5.91 Å². The summed E-state index contributed by atoms with van der Waals surface area (Å²) in [6.07, 6.45) is 4.04. The van der Waals surface area contributed by atoms with Crippen LogP contribution in [0.2, 0.25) is 10.0 Å². The molecule has 0 aliphatic carbocycles. The van der Waals surface area contributed by atoms with Gasteiger partial charge in [0.1, 0.15) is 11.5 Å². The molecule has 0 saturated carbocycles. The van der Waals surface area contributed by atoms with Crippen LogP contribution in [0.5, 0.6) is 11.5 Å². The Hall–Kier alpha value is -2.24. The molecule has 0 heterocycles. The van der Waals surface area contributed by atoms with Crippen molar-refractivity contribution in [3.8, 4) is 11.5 Å². The number of carbonyl (C=O) groups excluding carboxylic acids is 1. The summed E-state index contributed by atoms with van der Waals surface area (Å²) in [7, 11) is 0. The normalized spacial score (nSPS) is 12.0. The number of ether oxygens (including phenoxy) is 2. The van der Waals surface area contributed by atoms with Gasteiger partial charge in [0, 0.05) is 10.6 Å². The fourth-order valence-electron chi connectivity index (χ4n) is 2.32. The third-order valence-electron chi connectivity index (χ3n) is 3.87. The molecule has 0 aromatic heterocycles. The average molecular weight is 423 g/mol. The molecule has 0 aliphatic rings. The van der Waals surface area contributed by atoms with Crippen LogP contribution in [-0.4, -0.2) is 24.8 Å². The number of hydrazone groups is 1.